The first-order valence-electron chi connectivity index (χ1n) is 6.76. The van der Waals surface area contributed by atoms with Crippen LogP contribution in [0.25, 0.3) is 11.4 Å². The molecule has 5 nitrogen and oxygen atoms in total. The van der Waals surface area contributed by atoms with Crippen LogP contribution in [0, 0.1) is 12.3 Å². The van der Waals surface area contributed by atoms with Crippen LogP contribution in [0.3, 0.4) is 0 Å². The number of hydrogen-bond acceptors (Lipinski definition) is 5. The third kappa shape index (κ3) is 3.71. The van der Waals surface area contributed by atoms with Gasteiger partial charge in [0.05, 0.1) is 5.56 Å². The number of phenolic OH excluding ortho intramolecular Hbond substituents is 1. The van der Waals surface area contributed by atoms with E-state index in [2.05, 4.69) is 21.2 Å². The van der Waals surface area contributed by atoms with E-state index in [9.17, 15) is 5.11 Å². The Bertz CT molecular complexity index is 664. The minimum Gasteiger partial charge on any atom is -0.507 e. The van der Waals surface area contributed by atoms with Gasteiger partial charge in [-0.2, -0.15) is 0 Å². The topological polar surface area (TPSA) is 84.1 Å². The van der Waals surface area contributed by atoms with E-state index in [4.69, 9.17) is 12.2 Å². The predicted octanol–water partition coefficient (Wildman–Crippen LogP) is 1.98. The number of hydrogen-bond donors (Lipinski definition) is 3. The molecule has 21 heavy (non-hydrogen) atoms. The maximum Gasteiger partial charge on any atom is 0.165 e. The molecule has 0 aliphatic rings. The molecule has 0 amide bonds. The molecule has 0 fully saturated rings. The number of benzene rings is 1. The molecule has 0 bridgehead atoms. The molecular formula is C16H18N4O. The zero-order valence-electron chi connectivity index (χ0n) is 11.9. The first kappa shape index (κ1) is 14.8. The Kier molecular flexibility index (Phi) is 4.75. The number of nitrogens with one attached hydrogen (secondary N) is 1. The van der Waals surface area contributed by atoms with E-state index in [0.717, 1.165) is 6.42 Å². The molecule has 2 rings (SSSR count). The predicted molar refractivity (Wildman–Crippen MR) is 83.8 cm³/mol. The van der Waals surface area contributed by atoms with Crippen molar-refractivity contribution in [1.82, 2.24) is 9.97 Å². The summed E-state index contributed by atoms with van der Waals surface area (Å²) in [5, 5.41) is 13.1. The van der Waals surface area contributed by atoms with Crippen molar-refractivity contribution in [3.8, 4) is 29.5 Å². The average molecular weight is 282 g/mol. The lowest BCUT2D eigenvalue weighted by Crippen LogP contribution is -2.28. The van der Waals surface area contributed by atoms with E-state index in [1.54, 1.807) is 30.5 Å². The Labute approximate surface area is 124 Å². The van der Waals surface area contributed by atoms with Gasteiger partial charge in [0.15, 0.2) is 5.82 Å². The van der Waals surface area contributed by atoms with Gasteiger partial charge in [0.25, 0.3) is 0 Å². The monoisotopic (exact) mass is 282 g/mol. The molecule has 1 atom stereocenters. The fraction of sp³-hybridized carbons (Fsp3) is 0.250. The minimum absolute atomic E-state index is 0.0709. The molecule has 5 heteroatoms. The van der Waals surface area contributed by atoms with Crippen LogP contribution in [0.15, 0.2) is 30.5 Å². The zero-order chi connectivity index (χ0) is 15.2. The molecule has 2 aromatic rings. The van der Waals surface area contributed by atoms with E-state index < -0.39 is 0 Å². The summed E-state index contributed by atoms with van der Waals surface area (Å²) in [6.07, 6.45) is 7.89. The van der Waals surface area contributed by atoms with Crippen molar-refractivity contribution in [3.63, 3.8) is 0 Å². The highest BCUT2D eigenvalue weighted by Crippen LogP contribution is 2.27. The molecule has 0 unspecified atom stereocenters. The first-order valence-corrected chi connectivity index (χ1v) is 6.76. The lowest BCUT2D eigenvalue weighted by Gasteiger charge is -2.11. The maximum atomic E-state index is 9.94. The SMILES string of the molecule is C#Cc1ccc(O)c(-c2nccc(NC[C@@H](N)CC)n2)c1. The molecule has 1 aromatic carbocycles. The van der Waals surface area contributed by atoms with Gasteiger partial charge in [-0.1, -0.05) is 12.8 Å². The Morgan fingerprint density at radius 3 is 2.95 bits per heavy atom. The summed E-state index contributed by atoms with van der Waals surface area (Å²) in [6, 6.07) is 6.73. The van der Waals surface area contributed by atoms with E-state index in [-0.39, 0.29) is 11.8 Å². The summed E-state index contributed by atoms with van der Waals surface area (Å²) in [5.41, 5.74) is 7.04. The molecule has 0 aliphatic heterocycles. The van der Waals surface area contributed by atoms with Gasteiger partial charge in [0.1, 0.15) is 11.6 Å². The molecule has 0 saturated heterocycles. The van der Waals surface area contributed by atoms with Gasteiger partial charge < -0.3 is 16.2 Å². The molecule has 0 radical (unpaired) electrons. The summed E-state index contributed by atoms with van der Waals surface area (Å²) < 4.78 is 0. The van der Waals surface area contributed by atoms with E-state index in [0.29, 0.717) is 29.3 Å². The second-order valence-corrected chi connectivity index (χ2v) is 4.69. The van der Waals surface area contributed by atoms with Crippen LogP contribution in [0.1, 0.15) is 18.9 Å². The van der Waals surface area contributed by atoms with Crippen LogP contribution in [0.5, 0.6) is 5.75 Å². The molecule has 1 heterocycles. The maximum absolute atomic E-state index is 9.94. The van der Waals surface area contributed by atoms with Crippen molar-refractivity contribution >= 4 is 5.82 Å². The first-order chi connectivity index (χ1) is 10.1. The second kappa shape index (κ2) is 6.73. The summed E-state index contributed by atoms with van der Waals surface area (Å²) in [5.74, 6) is 3.70. The summed E-state index contributed by atoms with van der Waals surface area (Å²) in [6.45, 7) is 2.66. The Hall–Kier alpha value is -2.58. The number of aromatic hydroxyl groups is 1. The molecule has 0 spiro atoms. The van der Waals surface area contributed by atoms with Crippen molar-refractivity contribution in [3.05, 3.63) is 36.0 Å². The van der Waals surface area contributed by atoms with Crippen LogP contribution in [0.2, 0.25) is 0 Å². The van der Waals surface area contributed by atoms with Crippen LogP contribution < -0.4 is 11.1 Å². The fourth-order valence-corrected chi connectivity index (χ4v) is 1.77. The van der Waals surface area contributed by atoms with Gasteiger partial charge >= 0.3 is 0 Å². The lowest BCUT2D eigenvalue weighted by molar-refractivity contribution is 0.477. The third-order valence-electron chi connectivity index (χ3n) is 3.13. The standard InChI is InChI=1S/C16H18N4O/c1-3-11-5-6-14(21)13(9-11)16-18-8-7-15(20-16)19-10-12(17)4-2/h1,5-9,12,21H,4,10,17H2,2H3,(H,18,19,20)/t12-/m0/s1. The van der Waals surface area contributed by atoms with Crippen LogP contribution >= 0.6 is 0 Å². The van der Waals surface area contributed by atoms with Crippen molar-refractivity contribution in [2.24, 2.45) is 5.73 Å². The van der Waals surface area contributed by atoms with Crippen molar-refractivity contribution in [1.29, 1.82) is 0 Å². The number of phenols is 1. The van der Waals surface area contributed by atoms with Gasteiger partial charge in [0, 0.05) is 24.3 Å². The van der Waals surface area contributed by atoms with E-state index >= 15 is 0 Å². The van der Waals surface area contributed by atoms with Crippen LogP contribution in [-0.4, -0.2) is 27.7 Å². The summed E-state index contributed by atoms with van der Waals surface area (Å²) in [7, 11) is 0. The smallest absolute Gasteiger partial charge is 0.165 e. The van der Waals surface area contributed by atoms with Gasteiger partial charge in [-0.05, 0) is 30.7 Å². The molecule has 4 N–H and O–H groups in total. The Balaban J connectivity index is 2.27. The average Bonchev–Trinajstić information content (AvgIpc) is 2.53. The Morgan fingerprint density at radius 1 is 1.43 bits per heavy atom. The summed E-state index contributed by atoms with van der Waals surface area (Å²) in [4.78, 5) is 8.56. The highest BCUT2D eigenvalue weighted by molar-refractivity contribution is 5.67. The number of terminal acetylenes is 1. The number of nitrogens with zero attached hydrogens (tertiary/aromatic N) is 2. The van der Waals surface area contributed by atoms with Crippen molar-refractivity contribution < 1.29 is 5.11 Å². The molecule has 1 aromatic heterocycles. The highest BCUT2D eigenvalue weighted by atomic mass is 16.3. The third-order valence-corrected chi connectivity index (χ3v) is 3.13. The molecule has 108 valence electrons. The Morgan fingerprint density at radius 2 is 2.24 bits per heavy atom. The number of rotatable bonds is 5. The lowest BCUT2D eigenvalue weighted by atomic mass is 10.1. The van der Waals surface area contributed by atoms with Gasteiger partial charge in [0.2, 0.25) is 0 Å². The van der Waals surface area contributed by atoms with E-state index in [1.807, 2.05) is 6.92 Å². The van der Waals surface area contributed by atoms with Crippen molar-refractivity contribution in [2.75, 3.05) is 11.9 Å². The normalized spacial score (nSPS) is 11.7. The number of anilines is 1. The molecular weight excluding hydrogens is 264 g/mol. The quantitative estimate of drug-likeness (QED) is 0.730. The van der Waals surface area contributed by atoms with Crippen LogP contribution in [0.4, 0.5) is 5.82 Å². The number of nitrogens with two attached hydrogens (primary N) is 1. The number of aromatic nitrogens is 2. The molecule has 0 saturated carbocycles. The minimum atomic E-state index is 0.0709. The van der Waals surface area contributed by atoms with Crippen LogP contribution in [-0.2, 0) is 0 Å². The largest absolute Gasteiger partial charge is 0.507 e. The van der Waals surface area contributed by atoms with Gasteiger partial charge in [-0.15, -0.1) is 6.42 Å². The fourth-order valence-electron chi connectivity index (χ4n) is 1.77. The summed E-state index contributed by atoms with van der Waals surface area (Å²) >= 11 is 0. The van der Waals surface area contributed by atoms with Gasteiger partial charge in [-0.3, -0.25) is 0 Å². The molecule has 0 aliphatic carbocycles. The van der Waals surface area contributed by atoms with Crippen molar-refractivity contribution in [2.45, 2.75) is 19.4 Å². The highest BCUT2D eigenvalue weighted by Gasteiger charge is 2.09. The van der Waals surface area contributed by atoms with E-state index in [1.165, 1.54) is 0 Å². The second-order valence-electron chi connectivity index (χ2n) is 4.69. The zero-order valence-corrected chi connectivity index (χ0v) is 11.9. The van der Waals surface area contributed by atoms with Gasteiger partial charge in [-0.25, -0.2) is 9.97 Å².